The normalized spacial score (nSPS) is 10.7. The Kier molecular flexibility index (Phi) is 5.35. The van der Waals surface area contributed by atoms with E-state index in [4.69, 9.17) is 4.74 Å². The molecule has 6 nitrogen and oxygen atoms in total. The Hall–Kier alpha value is -3.42. The SMILES string of the molecule is COc1ccc(C)cc1-n1ccc(C(=O)Nc2cccc(OC(F)F)c2)n1. The van der Waals surface area contributed by atoms with Gasteiger partial charge in [0.05, 0.1) is 7.11 Å². The second kappa shape index (κ2) is 7.86. The van der Waals surface area contributed by atoms with Gasteiger partial charge in [-0.05, 0) is 42.8 Å². The van der Waals surface area contributed by atoms with Crippen molar-refractivity contribution in [1.82, 2.24) is 9.78 Å². The van der Waals surface area contributed by atoms with Crippen molar-refractivity contribution < 1.29 is 23.0 Å². The van der Waals surface area contributed by atoms with Crippen LogP contribution < -0.4 is 14.8 Å². The first-order chi connectivity index (χ1) is 13.0. The van der Waals surface area contributed by atoms with E-state index in [1.54, 1.807) is 25.4 Å². The Morgan fingerprint density at radius 2 is 2.00 bits per heavy atom. The summed E-state index contributed by atoms with van der Waals surface area (Å²) in [6.45, 7) is -0.995. The predicted molar refractivity (Wildman–Crippen MR) is 95.9 cm³/mol. The highest BCUT2D eigenvalue weighted by Gasteiger charge is 2.14. The molecule has 0 saturated heterocycles. The standard InChI is InChI=1S/C19H17F2N3O3/c1-12-6-7-17(26-2)16(10-12)24-9-8-15(23-24)18(25)22-13-4-3-5-14(11-13)27-19(20)21/h3-11,19H,1-2H3,(H,22,25). The molecule has 3 rings (SSSR count). The van der Waals surface area contributed by atoms with E-state index < -0.39 is 12.5 Å². The molecule has 0 unspecified atom stereocenters. The van der Waals surface area contributed by atoms with Crippen molar-refractivity contribution in [2.24, 2.45) is 0 Å². The Morgan fingerprint density at radius 1 is 1.19 bits per heavy atom. The minimum absolute atomic E-state index is 0.0437. The van der Waals surface area contributed by atoms with Crippen LogP contribution in [0, 0.1) is 6.92 Å². The maximum atomic E-state index is 12.4. The number of hydrogen-bond acceptors (Lipinski definition) is 4. The minimum Gasteiger partial charge on any atom is -0.494 e. The van der Waals surface area contributed by atoms with Crippen LogP contribution in [-0.4, -0.2) is 29.4 Å². The van der Waals surface area contributed by atoms with Gasteiger partial charge in [0.1, 0.15) is 17.2 Å². The van der Waals surface area contributed by atoms with Crippen LogP contribution in [0.4, 0.5) is 14.5 Å². The van der Waals surface area contributed by atoms with Gasteiger partial charge in [-0.3, -0.25) is 4.79 Å². The summed E-state index contributed by atoms with van der Waals surface area (Å²) in [5.74, 6) is 0.0971. The third-order valence-corrected chi connectivity index (χ3v) is 3.72. The van der Waals surface area contributed by atoms with E-state index in [0.29, 0.717) is 17.1 Å². The monoisotopic (exact) mass is 373 g/mol. The molecule has 0 aliphatic heterocycles. The number of ether oxygens (including phenoxy) is 2. The molecule has 8 heteroatoms. The van der Waals surface area contributed by atoms with Crippen molar-refractivity contribution in [3.8, 4) is 17.2 Å². The van der Waals surface area contributed by atoms with E-state index in [1.807, 2.05) is 25.1 Å². The van der Waals surface area contributed by atoms with Gasteiger partial charge in [0.25, 0.3) is 5.91 Å². The van der Waals surface area contributed by atoms with E-state index in [9.17, 15) is 13.6 Å². The predicted octanol–water partition coefficient (Wildman–Crippen LogP) is 4.04. The number of carbonyl (C=O) groups excluding carboxylic acids is 1. The molecule has 27 heavy (non-hydrogen) atoms. The van der Waals surface area contributed by atoms with Crippen molar-refractivity contribution in [2.75, 3.05) is 12.4 Å². The topological polar surface area (TPSA) is 65.4 Å². The molecule has 0 fully saturated rings. The quantitative estimate of drug-likeness (QED) is 0.708. The lowest BCUT2D eigenvalue weighted by molar-refractivity contribution is -0.0497. The van der Waals surface area contributed by atoms with Crippen molar-refractivity contribution >= 4 is 11.6 Å². The molecule has 1 heterocycles. The number of nitrogens with one attached hydrogen (secondary N) is 1. The molecular weight excluding hydrogens is 356 g/mol. The molecule has 0 atom stereocenters. The van der Waals surface area contributed by atoms with Crippen LogP contribution in [0.5, 0.6) is 11.5 Å². The summed E-state index contributed by atoms with van der Waals surface area (Å²) in [6.07, 6.45) is 1.64. The lowest BCUT2D eigenvalue weighted by Gasteiger charge is -2.09. The molecular formula is C19H17F2N3O3. The number of aryl methyl sites for hydroxylation is 1. The summed E-state index contributed by atoms with van der Waals surface area (Å²) in [4.78, 5) is 12.4. The molecule has 1 amide bonds. The van der Waals surface area contributed by atoms with Crippen LogP contribution in [0.1, 0.15) is 16.1 Å². The number of amides is 1. The van der Waals surface area contributed by atoms with Gasteiger partial charge in [0.2, 0.25) is 0 Å². The van der Waals surface area contributed by atoms with Crippen molar-refractivity contribution in [3.05, 3.63) is 66.0 Å². The van der Waals surface area contributed by atoms with E-state index in [1.165, 1.54) is 22.9 Å². The molecule has 0 radical (unpaired) electrons. The number of rotatable bonds is 6. The fraction of sp³-hybridized carbons (Fsp3) is 0.158. The van der Waals surface area contributed by atoms with Crippen molar-refractivity contribution in [1.29, 1.82) is 0 Å². The molecule has 2 aromatic carbocycles. The molecule has 0 spiro atoms. The zero-order valence-electron chi connectivity index (χ0n) is 14.6. The Labute approximate surface area is 154 Å². The molecule has 0 aliphatic carbocycles. The Morgan fingerprint density at radius 3 is 2.74 bits per heavy atom. The fourth-order valence-electron chi connectivity index (χ4n) is 2.50. The number of benzene rings is 2. The molecule has 0 saturated carbocycles. The van der Waals surface area contributed by atoms with Gasteiger partial charge in [-0.1, -0.05) is 12.1 Å². The summed E-state index contributed by atoms with van der Waals surface area (Å²) in [6, 6.07) is 12.9. The van der Waals surface area contributed by atoms with Crippen LogP contribution in [-0.2, 0) is 0 Å². The summed E-state index contributed by atoms with van der Waals surface area (Å²) in [7, 11) is 1.56. The van der Waals surface area contributed by atoms with E-state index in [0.717, 1.165) is 5.56 Å². The number of hydrogen-bond donors (Lipinski definition) is 1. The summed E-state index contributed by atoms with van der Waals surface area (Å²) < 4.78 is 35.8. The summed E-state index contributed by atoms with van der Waals surface area (Å²) >= 11 is 0. The third-order valence-electron chi connectivity index (χ3n) is 3.72. The van der Waals surface area contributed by atoms with Crippen LogP contribution in [0.3, 0.4) is 0 Å². The van der Waals surface area contributed by atoms with Crippen molar-refractivity contribution in [3.63, 3.8) is 0 Å². The van der Waals surface area contributed by atoms with Crippen LogP contribution >= 0.6 is 0 Å². The lowest BCUT2D eigenvalue weighted by Crippen LogP contribution is -2.13. The highest BCUT2D eigenvalue weighted by Crippen LogP contribution is 2.24. The number of aromatic nitrogens is 2. The number of halogens is 2. The average molecular weight is 373 g/mol. The molecule has 3 aromatic rings. The van der Waals surface area contributed by atoms with Gasteiger partial charge < -0.3 is 14.8 Å². The molecule has 0 bridgehead atoms. The van der Waals surface area contributed by atoms with Gasteiger partial charge >= 0.3 is 6.61 Å². The third kappa shape index (κ3) is 4.41. The summed E-state index contributed by atoms with van der Waals surface area (Å²) in [5, 5.41) is 6.88. The number of alkyl halides is 2. The molecule has 140 valence electrons. The molecule has 0 aliphatic rings. The second-order valence-electron chi connectivity index (χ2n) is 5.68. The maximum absolute atomic E-state index is 12.4. The van der Waals surface area contributed by atoms with E-state index in [-0.39, 0.29) is 11.4 Å². The molecule has 1 N–H and O–H groups in total. The average Bonchev–Trinajstić information content (AvgIpc) is 3.11. The summed E-state index contributed by atoms with van der Waals surface area (Å²) in [5.41, 5.74) is 2.20. The largest absolute Gasteiger partial charge is 0.494 e. The van der Waals surface area contributed by atoms with Gasteiger partial charge in [0.15, 0.2) is 5.69 Å². The van der Waals surface area contributed by atoms with Gasteiger partial charge in [-0.25, -0.2) is 4.68 Å². The zero-order chi connectivity index (χ0) is 19.4. The highest BCUT2D eigenvalue weighted by atomic mass is 19.3. The number of anilines is 1. The van der Waals surface area contributed by atoms with Gasteiger partial charge in [-0.2, -0.15) is 13.9 Å². The second-order valence-corrected chi connectivity index (χ2v) is 5.68. The van der Waals surface area contributed by atoms with Gasteiger partial charge in [-0.15, -0.1) is 0 Å². The van der Waals surface area contributed by atoms with Gasteiger partial charge in [0, 0.05) is 18.0 Å². The fourth-order valence-corrected chi connectivity index (χ4v) is 2.50. The lowest BCUT2D eigenvalue weighted by atomic mass is 10.2. The zero-order valence-corrected chi connectivity index (χ0v) is 14.6. The minimum atomic E-state index is -2.93. The van der Waals surface area contributed by atoms with Crippen LogP contribution in [0.2, 0.25) is 0 Å². The van der Waals surface area contributed by atoms with Crippen LogP contribution in [0.15, 0.2) is 54.7 Å². The van der Waals surface area contributed by atoms with E-state index >= 15 is 0 Å². The maximum Gasteiger partial charge on any atom is 0.387 e. The smallest absolute Gasteiger partial charge is 0.387 e. The number of carbonyl (C=O) groups is 1. The first-order valence-corrected chi connectivity index (χ1v) is 8.03. The first-order valence-electron chi connectivity index (χ1n) is 8.03. The Bertz CT molecular complexity index is 957. The van der Waals surface area contributed by atoms with Crippen molar-refractivity contribution in [2.45, 2.75) is 13.5 Å². The number of nitrogens with zero attached hydrogens (tertiary/aromatic N) is 2. The van der Waals surface area contributed by atoms with Crippen LogP contribution in [0.25, 0.3) is 5.69 Å². The Balaban J connectivity index is 1.79. The highest BCUT2D eigenvalue weighted by molar-refractivity contribution is 6.02. The number of methoxy groups -OCH3 is 1. The first kappa shape index (κ1) is 18.4. The molecule has 1 aromatic heterocycles. The van der Waals surface area contributed by atoms with E-state index in [2.05, 4.69) is 15.2 Å².